The van der Waals surface area contributed by atoms with Crippen molar-refractivity contribution in [1.29, 1.82) is 0 Å². The highest BCUT2D eigenvalue weighted by molar-refractivity contribution is 5.14. The topological polar surface area (TPSA) is 9.23 Å². The van der Waals surface area contributed by atoms with E-state index in [0.29, 0.717) is 0 Å². The Kier molecular flexibility index (Phi) is 4.00. The molecule has 0 aliphatic carbocycles. The predicted octanol–water partition coefficient (Wildman–Crippen LogP) is 2.58. The van der Waals surface area contributed by atoms with Crippen LogP contribution >= 0.6 is 0 Å². The van der Waals surface area contributed by atoms with Crippen LogP contribution in [0.2, 0.25) is 0 Å². The van der Waals surface area contributed by atoms with Gasteiger partial charge in [0, 0.05) is 0 Å². The normalized spacial score (nSPS) is 10.4. The molecule has 0 heterocycles. The fourth-order valence-electron chi connectivity index (χ4n) is 1.00. The van der Waals surface area contributed by atoms with E-state index in [-0.39, 0.29) is 0 Å². The average Bonchev–Trinajstić information content (AvgIpc) is 2.14. The summed E-state index contributed by atoms with van der Waals surface area (Å²) in [6.07, 6.45) is 5.83. The number of benzene rings is 1. The zero-order chi connectivity index (χ0) is 8.65. The van der Waals surface area contributed by atoms with E-state index >= 15 is 0 Å². The van der Waals surface area contributed by atoms with Crippen LogP contribution in [0.15, 0.2) is 36.6 Å². The summed E-state index contributed by atoms with van der Waals surface area (Å²) in [5.41, 5.74) is 1.34. The maximum Gasteiger partial charge on any atom is 0.0784 e. The molecule has 0 atom stereocenters. The molecule has 0 spiro atoms. The van der Waals surface area contributed by atoms with Crippen molar-refractivity contribution in [2.24, 2.45) is 0 Å². The average molecular weight is 161 g/mol. The highest BCUT2D eigenvalue weighted by Gasteiger charge is 1.87. The molecule has 1 heteroatoms. The quantitative estimate of drug-likeness (QED) is 0.617. The first-order chi connectivity index (χ1) is 5.93. The molecule has 0 bridgehead atoms. The number of rotatable bonds is 4. The Bertz CT molecular complexity index is 226. The molecule has 0 aromatic heterocycles. The summed E-state index contributed by atoms with van der Waals surface area (Å²) in [7, 11) is 1.66. The summed E-state index contributed by atoms with van der Waals surface area (Å²) in [6, 6.07) is 11.0. The minimum absolute atomic E-state index is 1.03. The summed E-state index contributed by atoms with van der Waals surface area (Å²) in [5.74, 6) is 0. The maximum absolute atomic E-state index is 4.79. The molecule has 0 aliphatic heterocycles. The number of hydrogen-bond acceptors (Lipinski definition) is 1. The van der Waals surface area contributed by atoms with Crippen molar-refractivity contribution in [3.05, 3.63) is 48.2 Å². The first-order valence-electron chi connectivity index (χ1n) is 4.06. The fourth-order valence-corrected chi connectivity index (χ4v) is 1.00. The first-order valence-corrected chi connectivity index (χ1v) is 4.06. The molecule has 1 radical (unpaired) electrons. The van der Waals surface area contributed by atoms with Crippen molar-refractivity contribution in [2.75, 3.05) is 7.11 Å². The Morgan fingerprint density at radius 3 is 2.83 bits per heavy atom. The fraction of sp³-hybridized carbons (Fsp3) is 0.273. The molecular weight excluding hydrogens is 148 g/mol. The third-order valence-electron chi connectivity index (χ3n) is 1.62. The highest BCUT2D eigenvalue weighted by Crippen LogP contribution is 2.02. The molecule has 0 amide bonds. The van der Waals surface area contributed by atoms with Gasteiger partial charge in [0.25, 0.3) is 0 Å². The Hall–Kier alpha value is -1.24. The second-order valence-corrected chi connectivity index (χ2v) is 2.55. The van der Waals surface area contributed by atoms with Gasteiger partial charge in [-0.05, 0) is 30.5 Å². The lowest BCUT2D eigenvalue weighted by Crippen LogP contribution is -1.81. The molecule has 0 aliphatic rings. The molecular formula is C11H13O. The third kappa shape index (κ3) is 3.24. The number of allylic oxidation sites excluding steroid dienone is 1. The molecule has 63 valence electrons. The highest BCUT2D eigenvalue weighted by atomic mass is 16.5. The molecule has 0 unspecified atom stereocenters. The molecule has 0 N–H and O–H groups in total. The predicted molar refractivity (Wildman–Crippen MR) is 49.7 cm³/mol. The summed E-state index contributed by atoms with van der Waals surface area (Å²) in [5, 5.41) is 0. The number of ether oxygens (including phenoxy) is 1. The minimum atomic E-state index is 1.03. The van der Waals surface area contributed by atoms with E-state index in [1.165, 1.54) is 5.56 Å². The van der Waals surface area contributed by atoms with Gasteiger partial charge in [0.05, 0.1) is 13.4 Å². The van der Waals surface area contributed by atoms with Crippen molar-refractivity contribution in [3.63, 3.8) is 0 Å². The van der Waals surface area contributed by atoms with Crippen LogP contribution in [-0.4, -0.2) is 7.11 Å². The van der Waals surface area contributed by atoms with Gasteiger partial charge in [-0.2, -0.15) is 0 Å². The second kappa shape index (κ2) is 5.42. The van der Waals surface area contributed by atoms with Crippen molar-refractivity contribution in [1.82, 2.24) is 0 Å². The van der Waals surface area contributed by atoms with E-state index in [4.69, 9.17) is 4.74 Å². The SMILES string of the molecule is COC=CCCc1cc[c]cc1. The molecule has 0 fully saturated rings. The van der Waals surface area contributed by atoms with Gasteiger partial charge in [0.2, 0.25) is 0 Å². The zero-order valence-corrected chi connectivity index (χ0v) is 7.29. The summed E-state index contributed by atoms with van der Waals surface area (Å²) in [6.45, 7) is 0. The van der Waals surface area contributed by atoms with Crippen LogP contribution in [-0.2, 0) is 11.2 Å². The number of hydrogen-bond donors (Lipinski definition) is 0. The molecule has 1 aromatic carbocycles. The van der Waals surface area contributed by atoms with Crippen LogP contribution in [0.4, 0.5) is 0 Å². The number of aryl methyl sites for hydroxylation is 1. The van der Waals surface area contributed by atoms with Crippen LogP contribution in [0.1, 0.15) is 12.0 Å². The van der Waals surface area contributed by atoms with E-state index in [1.807, 2.05) is 18.2 Å². The van der Waals surface area contributed by atoms with E-state index < -0.39 is 0 Å². The molecule has 1 rings (SSSR count). The van der Waals surface area contributed by atoms with Crippen molar-refractivity contribution in [2.45, 2.75) is 12.8 Å². The van der Waals surface area contributed by atoms with Gasteiger partial charge in [0.1, 0.15) is 0 Å². The first kappa shape index (κ1) is 8.85. The van der Waals surface area contributed by atoms with Crippen molar-refractivity contribution in [3.8, 4) is 0 Å². The molecule has 12 heavy (non-hydrogen) atoms. The second-order valence-electron chi connectivity index (χ2n) is 2.55. The van der Waals surface area contributed by atoms with Crippen LogP contribution in [0, 0.1) is 6.07 Å². The van der Waals surface area contributed by atoms with Crippen LogP contribution in [0.5, 0.6) is 0 Å². The van der Waals surface area contributed by atoms with E-state index in [1.54, 1.807) is 13.4 Å². The lowest BCUT2D eigenvalue weighted by Gasteiger charge is -1.95. The van der Waals surface area contributed by atoms with E-state index in [9.17, 15) is 0 Å². The van der Waals surface area contributed by atoms with Crippen molar-refractivity contribution >= 4 is 0 Å². The number of methoxy groups -OCH3 is 1. The molecule has 1 nitrogen and oxygen atoms in total. The largest absolute Gasteiger partial charge is 0.505 e. The smallest absolute Gasteiger partial charge is 0.0784 e. The molecule has 0 saturated heterocycles. The van der Waals surface area contributed by atoms with Gasteiger partial charge in [0.15, 0.2) is 0 Å². The summed E-state index contributed by atoms with van der Waals surface area (Å²) < 4.78 is 4.79. The van der Waals surface area contributed by atoms with Gasteiger partial charge >= 0.3 is 0 Å². The van der Waals surface area contributed by atoms with Gasteiger partial charge in [-0.15, -0.1) is 0 Å². The van der Waals surface area contributed by atoms with Crippen LogP contribution < -0.4 is 0 Å². The summed E-state index contributed by atoms with van der Waals surface area (Å²) in [4.78, 5) is 0. The Morgan fingerprint density at radius 2 is 2.17 bits per heavy atom. The standard InChI is InChI=1S/C11H13O/c1-12-10-6-5-9-11-7-3-2-4-8-11/h3-4,6-8,10H,5,9H2,1H3. The van der Waals surface area contributed by atoms with Gasteiger partial charge < -0.3 is 4.74 Å². The molecule has 0 saturated carbocycles. The van der Waals surface area contributed by atoms with Gasteiger partial charge in [-0.3, -0.25) is 0 Å². The van der Waals surface area contributed by atoms with Crippen LogP contribution in [0.25, 0.3) is 0 Å². The Morgan fingerprint density at radius 1 is 1.42 bits per heavy atom. The monoisotopic (exact) mass is 161 g/mol. The minimum Gasteiger partial charge on any atom is -0.505 e. The van der Waals surface area contributed by atoms with Gasteiger partial charge in [-0.1, -0.05) is 24.3 Å². The maximum atomic E-state index is 4.79. The Balaban J connectivity index is 2.29. The zero-order valence-electron chi connectivity index (χ0n) is 7.29. The van der Waals surface area contributed by atoms with Gasteiger partial charge in [-0.25, -0.2) is 0 Å². The van der Waals surface area contributed by atoms with Crippen LogP contribution in [0.3, 0.4) is 0 Å². The molecule has 1 aromatic rings. The lowest BCUT2D eigenvalue weighted by atomic mass is 10.1. The Labute approximate surface area is 73.7 Å². The summed E-state index contributed by atoms with van der Waals surface area (Å²) >= 11 is 0. The third-order valence-corrected chi connectivity index (χ3v) is 1.62. The van der Waals surface area contributed by atoms with E-state index in [0.717, 1.165) is 12.8 Å². The van der Waals surface area contributed by atoms with Crippen molar-refractivity contribution < 1.29 is 4.74 Å². The van der Waals surface area contributed by atoms with E-state index in [2.05, 4.69) is 18.2 Å². The lowest BCUT2D eigenvalue weighted by molar-refractivity contribution is 0.336.